The van der Waals surface area contributed by atoms with Gasteiger partial charge in [0.2, 0.25) is 0 Å². The van der Waals surface area contributed by atoms with Crippen LogP contribution in [0, 0.1) is 0 Å². The van der Waals surface area contributed by atoms with Crippen LogP contribution in [-0.4, -0.2) is 35.9 Å². The van der Waals surface area contributed by atoms with Crippen molar-refractivity contribution in [3.05, 3.63) is 47.7 Å². The summed E-state index contributed by atoms with van der Waals surface area (Å²) in [6.45, 7) is 1.73. The van der Waals surface area contributed by atoms with Gasteiger partial charge in [-0.3, -0.25) is 4.79 Å². The zero-order chi connectivity index (χ0) is 19.2. The fraction of sp³-hybridized carbons (Fsp3) is 0.381. The number of nitrogens with one attached hydrogen (secondary N) is 2. The minimum absolute atomic E-state index is 0.199. The molecule has 1 aromatic heterocycles. The molecule has 1 aliphatic heterocycles. The maximum Gasteiger partial charge on any atom is 0.271 e. The zero-order valence-corrected chi connectivity index (χ0v) is 15.7. The van der Waals surface area contributed by atoms with E-state index < -0.39 is 0 Å². The maximum absolute atomic E-state index is 12.2. The molecule has 2 N–H and O–H groups in total. The van der Waals surface area contributed by atoms with Crippen LogP contribution >= 0.6 is 0 Å². The summed E-state index contributed by atoms with van der Waals surface area (Å²) in [5.74, 6) is 1.79. The third kappa shape index (κ3) is 4.60. The summed E-state index contributed by atoms with van der Waals surface area (Å²) in [6.07, 6.45) is 8.04. The number of nitrogens with zero attached hydrogens (tertiary/aromatic N) is 2. The maximum atomic E-state index is 12.2. The number of fused-ring (bicyclic) bond motifs is 1. The lowest BCUT2D eigenvalue weighted by molar-refractivity contribution is 0.0948. The molecule has 0 unspecified atom stereocenters. The van der Waals surface area contributed by atoms with E-state index in [9.17, 15) is 4.79 Å². The number of hydrogen-bond acceptors (Lipinski definition) is 6. The Morgan fingerprint density at radius 1 is 1.04 bits per heavy atom. The molecular weight excluding hydrogens is 356 g/mol. The molecule has 4 rings (SSSR count). The van der Waals surface area contributed by atoms with E-state index >= 15 is 0 Å². The number of benzene rings is 1. The lowest BCUT2D eigenvalue weighted by atomic mass is 9.97. The number of anilines is 2. The van der Waals surface area contributed by atoms with Crippen LogP contribution in [0.25, 0.3) is 0 Å². The van der Waals surface area contributed by atoms with E-state index in [1.54, 1.807) is 12.1 Å². The summed E-state index contributed by atoms with van der Waals surface area (Å²) < 4.78 is 11.1. The monoisotopic (exact) mass is 380 g/mol. The number of carbonyl (C=O) groups is 1. The number of allylic oxidation sites excluding steroid dienone is 1. The number of carbonyl (C=O) groups excluding carboxylic acids is 1. The second kappa shape index (κ2) is 8.73. The van der Waals surface area contributed by atoms with Crippen molar-refractivity contribution in [3.63, 3.8) is 0 Å². The first-order chi connectivity index (χ1) is 13.8. The van der Waals surface area contributed by atoms with Gasteiger partial charge in [-0.1, -0.05) is 11.6 Å². The van der Waals surface area contributed by atoms with Gasteiger partial charge in [0.05, 0.1) is 0 Å². The molecule has 0 saturated heterocycles. The molecule has 1 aliphatic carbocycles. The first kappa shape index (κ1) is 18.3. The topological polar surface area (TPSA) is 85.4 Å². The summed E-state index contributed by atoms with van der Waals surface area (Å²) >= 11 is 0. The van der Waals surface area contributed by atoms with Crippen molar-refractivity contribution in [2.75, 3.05) is 25.1 Å². The third-order valence-corrected chi connectivity index (χ3v) is 4.83. The molecule has 7 heteroatoms. The van der Waals surface area contributed by atoms with Gasteiger partial charge in [-0.05, 0) is 56.4 Å². The van der Waals surface area contributed by atoms with Gasteiger partial charge in [0.1, 0.15) is 13.2 Å². The lowest BCUT2D eigenvalue weighted by Gasteiger charge is -2.19. The van der Waals surface area contributed by atoms with Crippen LogP contribution in [0.5, 0.6) is 11.5 Å². The molecular formula is C21H24N4O3. The molecule has 0 radical (unpaired) electrons. The van der Waals surface area contributed by atoms with E-state index in [2.05, 4.69) is 26.9 Å². The van der Waals surface area contributed by atoms with Crippen molar-refractivity contribution < 1.29 is 14.3 Å². The smallest absolute Gasteiger partial charge is 0.271 e. The molecule has 0 fully saturated rings. The summed E-state index contributed by atoms with van der Waals surface area (Å²) in [4.78, 5) is 12.2. The van der Waals surface area contributed by atoms with Crippen LogP contribution in [0.3, 0.4) is 0 Å². The molecule has 146 valence electrons. The first-order valence-electron chi connectivity index (χ1n) is 9.74. The van der Waals surface area contributed by atoms with E-state index in [-0.39, 0.29) is 5.91 Å². The number of hydrogen-bond donors (Lipinski definition) is 2. The number of aromatic nitrogens is 2. The van der Waals surface area contributed by atoms with Crippen LogP contribution in [0.2, 0.25) is 0 Å². The quantitative estimate of drug-likeness (QED) is 0.745. The van der Waals surface area contributed by atoms with Crippen LogP contribution in [-0.2, 0) is 0 Å². The molecule has 0 saturated carbocycles. The van der Waals surface area contributed by atoms with Gasteiger partial charge in [-0.2, -0.15) is 0 Å². The second-order valence-corrected chi connectivity index (χ2v) is 6.90. The second-order valence-electron chi connectivity index (χ2n) is 6.90. The molecule has 0 atom stereocenters. The fourth-order valence-electron chi connectivity index (χ4n) is 3.35. The SMILES string of the molecule is O=C(NCCC1=CCCCC1)c1ccc(Nc2ccc3c(c2)OCCO3)nn1. The number of amides is 1. The fourth-order valence-corrected chi connectivity index (χ4v) is 3.35. The third-order valence-electron chi connectivity index (χ3n) is 4.83. The molecule has 0 spiro atoms. The average molecular weight is 380 g/mol. The van der Waals surface area contributed by atoms with Crippen molar-refractivity contribution >= 4 is 17.4 Å². The van der Waals surface area contributed by atoms with Gasteiger partial charge in [-0.15, -0.1) is 10.2 Å². The molecule has 2 aliphatic rings. The van der Waals surface area contributed by atoms with E-state index in [0.717, 1.165) is 30.7 Å². The summed E-state index contributed by atoms with van der Waals surface area (Å²) in [7, 11) is 0. The Balaban J connectivity index is 1.30. The van der Waals surface area contributed by atoms with Gasteiger partial charge >= 0.3 is 0 Å². The molecule has 2 heterocycles. The van der Waals surface area contributed by atoms with E-state index in [1.165, 1.54) is 18.4 Å². The Bertz CT molecular complexity index is 864. The van der Waals surface area contributed by atoms with Crippen LogP contribution in [0.4, 0.5) is 11.5 Å². The minimum Gasteiger partial charge on any atom is -0.486 e. The summed E-state index contributed by atoms with van der Waals surface area (Å²) in [6, 6.07) is 9.01. The molecule has 1 amide bonds. The standard InChI is InChI=1S/C21H24N4O3/c26-21(22-11-10-15-4-2-1-3-5-15)17-7-9-20(25-24-17)23-16-6-8-18-19(14-16)28-13-12-27-18/h4,6-9,14H,1-3,5,10-13H2,(H,22,26)(H,23,25). The van der Waals surface area contributed by atoms with E-state index in [1.807, 2.05) is 18.2 Å². The molecule has 0 bridgehead atoms. The minimum atomic E-state index is -0.199. The zero-order valence-electron chi connectivity index (χ0n) is 15.7. The van der Waals surface area contributed by atoms with Gasteiger partial charge in [0.25, 0.3) is 5.91 Å². The number of rotatable bonds is 6. The molecule has 7 nitrogen and oxygen atoms in total. The molecule has 28 heavy (non-hydrogen) atoms. The highest BCUT2D eigenvalue weighted by Crippen LogP contribution is 2.33. The van der Waals surface area contributed by atoms with Crippen molar-refractivity contribution in [1.82, 2.24) is 15.5 Å². The first-order valence-corrected chi connectivity index (χ1v) is 9.74. The van der Waals surface area contributed by atoms with E-state index in [0.29, 0.717) is 37.0 Å². The van der Waals surface area contributed by atoms with E-state index in [4.69, 9.17) is 9.47 Å². The highest BCUT2D eigenvalue weighted by molar-refractivity contribution is 5.92. The van der Waals surface area contributed by atoms with Crippen molar-refractivity contribution in [3.8, 4) is 11.5 Å². The Labute approximate surface area is 164 Å². The Morgan fingerprint density at radius 2 is 1.93 bits per heavy atom. The normalized spacial score (nSPS) is 15.5. The van der Waals surface area contributed by atoms with Gasteiger partial charge in [-0.25, -0.2) is 0 Å². The molecule has 1 aromatic carbocycles. The summed E-state index contributed by atoms with van der Waals surface area (Å²) in [5, 5.41) is 14.2. The summed E-state index contributed by atoms with van der Waals surface area (Å²) in [5.41, 5.74) is 2.57. The lowest BCUT2D eigenvalue weighted by Crippen LogP contribution is -2.26. The van der Waals surface area contributed by atoms with Gasteiger partial charge in [0.15, 0.2) is 23.0 Å². The van der Waals surface area contributed by atoms with Gasteiger partial charge < -0.3 is 20.1 Å². The Kier molecular flexibility index (Phi) is 5.70. The average Bonchev–Trinajstić information content (AvgIpc) is 2.75. The molecule has 2 aromatic rings. The highest BCUT2D eigenvalue weighted by atomic mass is 16.6. The largest absolute Gasteiger partial charge is 0.486 e. The predicted molar refractivity (Wildman–Crippen MR) is 106 cm³/mol. The highest BCUT2D eigenvalue weighted by Gasteiger charge is 2.13. The number of ether oxygens (including phenoxy) is 2. The van der Waals surface area contributed by atoms with Crippen LogP contribution < -0.4 is 20.1 Å². The van der Waals surface area contributed by atoms with Crippen molar-refractivity contribution in [1.29, 1.82) is 0 Å². The van der Waals surface area contributed by atoms with Crippen molar-refractivity contribution in [2.24, 2.45) is 0 Å². The predicted octanol–water partition coefficient (Wildman–Crippen LogP) is 3.61. The van der Waals surface area contributed by atoms with Crippen LogP contribution in [0.1, 0.15) is 42.6 Å². The van der Waals surface area contributed by atoms with Crippen LogP contribution in [0.15, 0.2) is 42.0 Å². The van der Waals surface area contributed by atoms with Gasteiger partial charge in [0, 0.05) is 18.3 Å². The Morgan fingerprint density at radius 3 is 2.71 bits per heavy atom. The van der Waals surface area contributed by atoms with Crippen molar-refractivity contribution in [2.45, 2.75) is 32.1 Å². The Hall–Kier alpha value is -3.09.